The zero-order valence-electron chi connectivity index (χ0n) is 15.9. The highest BCUT2D eigenvalue weighted by Crippen LogP contribution is 2.63. The maximum absolute atomic E-state index is 6.82. The van der Waals surface area contributed by atoms with Crippen LogP contribution in [-0.2, 0) is 5.41 Å². The Morgan fingerprint density at radius 3 is 2.07 bits per heavy atom. The van der Waals surface area contributed by atoms with Gasteiger partial charge in [-0.05, 0) is 58.1 Å². The summed E-state index contributed by atoms with van der Waals surface area (Å²) < 4.78 is 0. The van der Waals surface area contributed by atoms with E-state index in [4.69, 9.17) is 11.6 Å². The van der Waals surface area contributed by atoms with Crippen molar-refractivity contribution in [3.05, 3.63) is 112 Å². The van der Waals surface area contributed by atoms with Gasteiger partial charge < -0.3 is 5.32 Å². The first kappa shape index (κ1) is 17.2. The maximum Gasteiger partial charge on any atom is 0.0735 e. The van der Waals surface area contributed by atoms with Crippen LogP contribution in [0.1, 0.15) is 22.3 Å². The minimum Gasteiger partial charge on any atom is -0.388 e. The second kappa shape index (κ2) is 6.16. The Labute approximate surface area is 179 Å². The van der Waals surface area contributed by atoms with Crippen LogP contribution in [0.3, 0.4) is 0 Å². The summed E-state index contributed by atoms with van der Waals surface area (Å²) in [6, 6.07) is 30.6. The fourth-order valence-corrected chi connectivity index (χ4v) is 6.53. The third-order valence-electron chi connectivity index (χ3n) is 6.20. The fourth-order valence-electron chi connectivity index (χ4n) is 5.06. The minimum absolute atomic E-state index is 0.347. The van der Waals surface area contributed by atoms with E-state index in [0.29, 0.717) is 0 Å². The van der Waals surface area contributed by atoms with Gasteiger partial charge in [-0.25, -0.2) is 0 Å². The summed E-state index contributed by atoms with van der Waals surface area (Å²) in [7, 11) is 1.96. The highest BCUT2D eigenvalue weighted by molar-refractivity contribution is 7.99. The third kappa shape index (κ3) is 2.13. The molecule has 2 aliphatic rings. The average molecular weight is 412 g/mol. The Morgan fingerprint density at radius 1 is 0.724 bits per heavy atom. The molecule has 140 valence electrons. The lowest BCUT2D eigenvalue weighted by atomic mass is 9.67. The zero-order chi connectivity index (χ0) is 19.6. The second-order valence-corrected chi connectivity index (χ2v) is 9.01. The molecule has 4 aromatic carbocycles. The summed E-state index contributed by atoms with van der Waals surface area (Å²) >= 11 is 8.68. The lowest BCUT2D eigenvalue weighted by molar-refractivity contribution is 0.722. The first-order valence-electron chi connectivity index (χ1n) is 9.73. The Balaban J connectivity index is 1.84. The standard InChI is InChI=1S/C26H18ClNS/c1-28-16-13-14-18-17(15-16)25-21(9-6-10-22(25)27)26(18)19-7-2-4-11-23(19)29-24-12-5-3-8-20(24)26/h2-15,28H,1H3. The zero-order valence-corrected chi connectivity index (χ0v) is 17.4. The lowest BCUT2D eigenvalue weighted by Crippen LogP contribution is -2.31. The monoisotopic (exact) mass is 411 g/mol. The van der Waals surface area contributed by atoms with Crippen LogP contribution in [0.5, 0.6) is 0 Å². The van der Waals surface area contributed by atoms with E-state index < -0.39 is 0 Å². The molecule has 1 nitrogen and oxygen atoms in total. The van der Waals surface area contributed by atoms with E-state index in [1.54, 1.807) is 0 Å². The van der Waals surface area contributed by atoms with Gasteiger partial charge in [-0.3, -0.25) is 0 Å². The Morgan fingerprint density at radius 2 is 1.38 bits per heavy atom. The summed E-state index contributed by atoms with van der Waals surface area (Å²) in [5, 5.41) is 4.10. The summed E-state index contributed by atoms with van der Waals surface area (Å²) in [4.78, 5) is 2.62. The van der Waals surface area contributed by atoms with Gasteiger partial charge in [-0.2, -0.15) is 0 Å². The number of nitrogens with one attached hydrogen (secondary N) is 1. The average Bonchev–Trinajstić information content (AvgIpc) is 3.05. The molecule has 1 aliphatic carbocycles. The second-order valence-electron chi connectivity index (χ2n) is 7.52. The van der Waals surface area contributed by atoms with Gasteiger partial charge in [0.1, 0.15) is 0 Å². The summed E-state index contributed by atoms with van der Waals surface area (Å²) in [5.41, 5.74) is 8.37. The van der Waals surface area contributed by atoms with Crippen LogP contribution >= 0.6 is 23.4 Å². The molecule has 0 bridgehead atoms. The first-order chi connectivity index (χ1) is 14.2. The van der Waals surface area contributed by atoms with Crippen LogP contribution in [0.15, 0.2) is 94.7 Å². The Kier molecular flexibility index (Phi) is 3.65. The number of rotatable bonds is 1. The van der Waals surface area contributed by atoms with Gasteiger partial charge in [-0.15, -0.1) is 0 Å². The number of hydrogen-bond acceptors (Lipinski definition) is 2. The number of benzene rings is 4. The van der Waals surface area contributed by atoms with Gasteiger partial charge in [0.05, 0.1) is 5.41 Å². The molecule has 1 N–H and O–H groups in total. The summed E-state index contributed by atoms with van der Waals surface area (Å²) in [6.45, 7) is 0. The molecule has 4 aromatic rings. The number of hydrogen-bond donors (Lipinski definition) is 1. The van der Waals surface area contributed by atoms with Gasteiger partial charge in [0.2, 0.25) is 0 Å². The van der Waals surface area contributed by atoms with E-state index in [1.807, 2.05) is 24.9 Å². The van der Waals surface area contributed by atoms with Crippen molar-refractivity contribution < 1.29 is 0 Å². The number of fused-ring (bicyclic) bond motifs is 9. The van der Waals surface area contributed by atoms with Crippen molar-refractivity contribution in [1.29, 1.82) is 0 Å². The summed E-state index contributed by atoms with van der Waals surface area (Å²) in [6.07, 6.45) is 0. The van der Waals surface area contributed by atoms with E-state index in [0.717, 1.165) is 16.3 Å². The molecule has 3 heteroatoms. The smallest absolute Gasteiger partial charge is 0.0735 e. The van der Waals surface area contributed by atoms with E-state index in [-0.39, 0.29) is 5.41 Å². The van der Waals surface area contributed by atoms with E-state index in [2.05, 4.69) is 84.2 Å². The van der Waals surface area contributed by atoms with Crippen LogP contribution in [0, 0.1) is 0 Å². The molecular formula is C26H18ClNS. The van der Waals surface area contributed by atoms with Crippen molar-refractivity contribution >= 4 is 29.1 Å². The van der Waals surface area contributed by atoms with E-state index in [1.165, 1.54) is 37.6 Å². The van der Waals surface area contributed by atoms with Crippen molar-refractivity contribution in [3.63, 3.8) is 0 Å². The molecule has 0 radical (unpaired) electrons. The van der Waals surface area contributed by atoms with Crippen LogP contribution in [0.2, 0.25) is 5.02 Å². The predicted molar refractivity (Wildman–Crippen MR) is 122 cm³/mol. The molecule has 1 spiro atoms. The highest BCUT2D eigenvalue weighted by atomic mass is 35.5. The van der Waals surface area contributed by atoms with Crippen LogP contribution in [-0.4, -0.2) is 7.05 Å². The molecule has 6 rings (SSSR count). The molecule has 0 fully saturated rings. The summed E-state index contributed by atoms with van der Waals surface area (Å²) in [5.74, 6) is 0. The van der Waals surface area contributed by atoms with Crippen molar-refractivity contribution in [2.45, 2.75) is 15.2 Å². The molecule has 1 heterocycles. The van der Waals surface area contributed by atoms with Crippen molar-refractivity contribution in [2.24, 2.45) is 0 Å². The molecule has 0 saturated carbocycles. The fraction of sp³-hybridized carbons (Fsp3) is 0.0769. The molecule has 29 heavy (non-hydrogen) atoms. The van der Waals surface area contributed by atoms with Crippen LogP contribution < -0.4 is 5.32 Å². The SMILES string of the molecule is CNc1ccc2c(c1)-c1c(Cl)cccc1C21c2ccccc2Sc2ccccc21. The topological polar surface area (TPSA) is 12.0 Å². The minimum atomic E-state index is -0.347. The van der Waals surface area contributed by atoms with E-state index in [9.17, 15) is 0 Å². The number of halogens is 1. The first-order valence-corrected chi connectivity index (χ1v) is 10.9. The van der Waals surface area contributed by atoms with Crippen LogP contribution in [0.25, 0.3) is 11.1 Å². The molecular weight excluding hydrogens is 394 g/mol. The normalized spacial score (nSPS) is 14.7. The Hall–Kier alpha value is -2.68. The van der Waals surface area contributed by atoms with Gasteiger partial charge in [0.25, 0.3) is 0 Å². The Bertz CT molecular complexity index is 1250. The molecule has 0 amide bonds. The maximum atomic E-state index is 6.82. The molecule has 0 unspecified atom stereocenters. The quantitative estimate of drug-likeness (QED) is 0.306. The van der Waals surface area contributed by atoms with Gasteiger partial charge in [0.15, 0.2) is 0 Å². The van der Waals surface area contributed by atoms with Gasteiger partial charge in [0, 0.05) is 33.1 Å². The largest absolute Gasteiger partial charge is 0.388 e. The lowest BCUT2D eigenvalue weighted by Gasteiger charge is -2.39. The molecule has 1 aliphatic heterocycles. The molecule has 0 atom stereocenters. The van der Waals surface area contributed by atoms with Crippen molar-refractivity contribution in [3.8, 4) is 11.1 Å². The predicted octanol–water partition coefficient (Wildman–Crippen LogP) is 7.21. The molecule has 0 saturated heterocycles. The van der Waals surface area contributed by atoms with Gasteiger partial charge >= 0.3 is 0 Å². The third-order valence-corrected chi connectivity index (χ3v) is 7.67. The van der Waals surface area contributed by atoms with Crippen molar-refractivity contribution in [1.82, 2.24) is 0 Å². The molecule has 0 aromatic heterocycles. The van der Waals surface area contributed by atoms with E-state index >= 15 is 0 Å². The van der Waals surface area contributed by atoms with Gasteiger partial charge in [-0.1, -0.05) is 78.0 Å². The van der Waals surface area contributed by atoms with Crippen molar-refractivity contribution in [2.75, 3.05) is 12.4 Å². The van der Waals surface area contributed by atoms with Crippen LogP contribution in [0.4, 0.5) is 5.69 Å². The number of anilines is 1. The highest BCUT2D eigenvalue weighted by Gasteiger charge is 2.50.